The van der Waals surface area contributed by atoms with Crippen LogP contribution >= 0.6 is 0 Å². The maximum atomic E-state index is 13.0. The SMILES string of the molecule is CCCn1cc(Cc2ccc(C(=O)NS(=O)(=O)c3ccccc3C)cc2OC)c2cc(CCNC(=O)N3CCOCC3)ccc21. The van der Waals surface area contributed by atoms with Gasteiger partial charge in [-0.3, -0.25) is 4.79 Å². The van der Waals surface area contributed by atoms with Gasteiger partial charge in [0.15, 0.2) is 0 Å². The maximum absolute atomic E-state index is 13.0. The fourth-order valence-electron chi connectivity index (χ4n) is 5.66. The molecule has 1 aliphatic rings. The number of rotatable bonds is 11. The molecule has 11 heteroatoms. The number of aromatic nitrogens is 1. The Bertz CT molecular complexity index is 1790. The summed E-state index contributed by atoms with van der Waals surface area (Å²) in [6.07, 6.45) is 4.39. The summed E-state index contributed by atoms with van der Waals surface area (Å²) in [5, 5.41) is 4.14. The molecule has 0 aliphatic carbocycles. The number of methoxy groups -OCH3 is 1. The number of urea groups is 1. The van der Waals surface area contributed by atoms with Crippen LogP contribution in [0.5, 0.6) is 5.75 Å². The molecule has 3 amide bonds. The molecule has 0 bridgehead atoms. The Kier molecular flexibility index (Phi) is 10.1. The highest BCUT2D eigenvalue weighted by Crippen LogP contribution is 2.30. The largest absolute Gasteiger partial charge is 0.496 e. The molecule has 4 aromatic rings. The molecular weight excluding hydrogens is 592 g/mol. The van der Waals surface area contributed by atoms with E-state index in [1.807, 2.05) is 6.07 Å². The van der Waals surface area contributed by atoms with Crippen LogP contribution in [0.1, 0.15) is 46.0 Å². The van der Waals surface area contributed by atoms with Gasteiger partial charge in [-0.05, 0) is 72.4 Å². The van der Waals surface area contributed by atoms with Gasteiger partial charge >= 0.3 is 6.03 Å². The van der Waals surface area contributed by atoms with Crippen molar-refractivity contribution in [1.82, 2.24) is 19.5 Å². The van der Waals surface area contributed by atoms with Crippen LogP contribution in [0.25, 0.3) is 10.9 Å². The molecular formula is C34H40N4O6S. The lowest BCUT2D eigenvalue weighted by Crippen LogP contribution is -2.46. The smallest absolute Gasteiger partial charge is 0.317 e. The molecule has 1 fully saturated rings. The molecule has 238 valence electrons. The van der Waals surface area contributed by atoms with Gasteiger partial charge in [0.05, 0.1) is 25.2 Å². The van der Waals surface area contributed by atoms with Gasteiger partial charge in [-0.1, -0.05) is 37.3 Å². The summed E-state index contributed by atoms with van der Waals surface area (Å²) >= 11 is 0. The Morgan fingerprint density at radius 3 is 2.51 bits per heavy atom. The maximum Gasteiger partial charge on any atom is 0.317 e. The first-order valence-electron chi connectivity index (χ1n) is 15.2. The van der Waals surface area contributed by atoms with Crippen LogP contribution in [0.4, 0.5) is 4.79 Å². The molecule has 0 spiro atoms. The number of morpholine rings is 1. The van der Waals surface area contributed by atoms with Crippen LogP contribution in [-0.2, 0) is 34.1 Å². The number of benzene rings is 3. The third-order valence-electron chi connectivity index (χ3n) is 8.02. The van der Waals surface area contributed by atoms with E-state index in [1.54, 1.807) is 42.2 Å². The summed E-state index contributed by atoms with van der Waals surface area (Å²) < 4.78 is 41.2. The van der Waals surface area contributed by atoms with Crippen molar-refractivity contribution in [3.63, 3.8) is 0 Å². The fraction of sp³-hybridized carbons (Fsp3) is 0.353. The molecule has 0 atom stereocenters. The number of carbonyl (C=O) groups is 2. The van der Waals surface area contributed by atoms with Gasteiger partial charge in [-0.15, -0.1) is 0 Å². The quantitative estimate of drug-likeness (QED) is 0.248. The number of hydrogen-bond acceptors (Lipinski definition) is 6. The van der Waals surface area contributed by atoms with E-state index in [-0.39, 0.29) is 16.5 Å². The zero-order valence-electron chi connectivity index (χ0n) is 26.0. The number of carbonyl (C=O) groups excluding carboxylic acids is 2. The van der Waals surface area contributed by atoms with Gasteiger partial charge < -0.3 is 24.3 Å². The molecule has 2 N–H and O–H groups in total. The van der Waals surface area contributed by atoms with Crippen molar-refractivity contribution >= 4 is 32.9 Å². The Hall–Kier alpha value is -4.35. The third-order valence-corrected chi connectivity index (χ3v) is 9.51. The summed E-state index contributed by atoms with van der Waals surface area (Å²) in [6.45, 7) is 7.57. The van der Waals surface area contributed by atoms with Gasteiger partial charge in [0.25, 0.3) is 15.9 Å². The lowest BCUT2D eigenvalue weighted by Gasteiger charge is -2.26. The van der Waals surface area contributed by atoms with E-state index >= 15 is 0 Å². The van der Waals surface area contributed by atoms with Gasteiger partial charge in [0.1, 0.15) is 5.75 Å². The minimum atomic E-state index is -4.04. The Labute approximate surface area is 264 Å². The van der Waals surface area contributed by atoms with Crippen LogP contribution in [0.3, 0.4) is 0 Å². The number of aryl methyl sites for hydroxylation is 2. The second-order valence-electron chi connectivity index (χ2n) is 11.2. The number of amides is 3. The average Bonchev–Trinajstić information content (AvgIpc) is 3.37. The molecule has 45 heavy (non-hydrogen) atoms. The standard InChI is InChI=1S/C34H40N4O6S/c1-4-15-38-23-28(29-20-25(9-12-30(29)38)13-14-35-34(40)37-16-18-44-19-17-37)21-26-10-11-27(22-31(26)43-3)33(39)36-45(41,42)32-8-6-5-7-24(32)2/h5-12,20,22-23H,4,13-19,21H2,1-3H3,(H,35,40)(H,36,39). The van der Waals surface area contributed by atoms with E-state index in [0.29, 0.717) is 57.0 Å². The van der Waals surface area contributed by atoms with Gasteiger partial charge in [0.2, 0.25) is 0 Å². The molecule has 3 aromatic carbocycles. The minimum Gasteiger partial charge on any atom is -0.496 e. The van der Waals surface area contributed by atoms with Crippen molar-refractivity contribution in [1.29, 1.82) is 0 Å². The summed E-state index contributed by atoms with van der Waals surface area (Å²) in [5.41, 5.74) is 4.96. The molecule has 1 aliphatic heterocycles. The molecule has 0 saturated carbocycles. The minimum absolute atomic E-state index is 0.0595. The molecule has 10 nitrogen and oxygen atoms in total. The normalized spacial score (nSPS) is 13.5. The zero-order chi connectivity index (χ0) is 32.0. The molecule has 2 heterocycles. The highest BCUT2D eigenvalue weighted by Gasteiger charge is 2.22. The zero-order valence-corrected chi connectivity index (χ0v) is 26.8. The van der Waals surface area contributed by atoms with Gasteiger partial charge in [-0.25, -0.2) is 17.9 Å². The Morgan fingerprint density at radius 2 is 1.78 bits per heavy atom. The Morgan fingerprint density at radius 1 is 1.00 bits per heavy atom. The van der Waals surface area contributed by atoms with Crippen molar-refractivity contribution in [2.75, 3.05) is 40.0 Å². The van der Waals surface area contributed by atoms with E-state index in [0.717, 1.165) is 40.6 Å². The number of nitrogens with zero attached hydrogens (tertiary/aromatic N) is 2. The summed E-state index contributed by atoms with van der Waals surface area (Å²) in [4.78, 5) is 27.3. The highest BCUT2D eigenvalue weighted by molar-refractivity contribution is 7.90. The molecule has 5 rings (SSSR count). The first kappa shape index (κ1) is 32.1. The predicted octanol–water partition coefficient (Wildman–Crippen LogP) is 4.66. The number of hydrogen-bond donors (Lipinski definition) is 2. The van der Waals surface area contributed by atoms with Crippen LogP contribution in [0, 0.1) is 6.92 Å². The number of ether oxygens (including phenoxy) is 2. The van der Waals surface area contributed by atoms with Crippen molar-refractivity contribution in [2.24, 2.45) is 0 Å². The van der Waals surface area contributed by atoms with Crippen LogP contribution in [0.2, 0.25) is 0 Å². The lowest BCUT2D eigenvalue weighted by molar-refractivity contribution is 0.0533. The molecule has 1 aromatic heterocycles. The van der Waals surface area contributed by atoms with E-state index in [4.69, 9.17) is 9.47 Å². The van der Waals surface area contributed by atoms with Crippen molar-refractivity contribution in [3.8, 4) is 5.75 Å². The number of sulfonamides is 1. The van der Waals surface area contributed by atoms with E-state index in [1.165, 1.54) is 13.2 Å². The van der Waals surface area contributed by atoms with Crippen LogP contribution in [-0.4, -0.2) is 69.8 Å². The second kappa shape index (κ2) is 14.2. The monoisotopic (exact) mass is 632 g/mol. The van der Waals surface area contributed by atoms with Crippen molar-refractivity contribution in [2.45, 2.75) is 44.6 Å². The average molecular weight is 633 g/mol. The van der Waals surface area contributed by atoms with E-state index in [2.05, 4.69) is 45.9 Å². The van der Waals surface area contributed by atoms with Crippen molar-refractivity contribution in [3.05, 3.63) is 94.7 Å². The fourth-order valence-corrected chi connectivity index (χ4v) is 6.88. The third kappa shape index (κ3) is 7.49. The topological polar surface area (TPSA) is 119 Å². The predicted molar refractivity (Wildman–Crippen MR) is 173 cm³/mol. The Balaban J connectivity index is 1.34. The van der Waals surface area contributed by atoms with E-state index in [9.17, 15) is 18.0 Å². The second-order valence-corrected chi connectivity index (χ2v) is 12.8. The first-order chi connectivity index (χ1) is 21.7. The highest BCUT2D eigenvalue weighted by atomic mass is 32.2. The van der Waals surface area contributed by atoms with Gasteiger partial charge in [-0.2, -0.15) is 0 Å². The molecule has 0 radical (unpaired) electrons. The summed E-state index contributed by atoms with van der Waals surface area (Å²) in [6, 6.07) is 17.9. The summed E-state index contributed by atoms with van der Waals surface area (Å²) in [7, 11) is -2.50. The number of fused-ring (bicyclic) bond motifs is 1. The first-order valence-corrected chi connectivity index (χ1v) is 16.7. The lowest BCUT2D eigenvalue weighted by atomic mass is 10.00. The van der Waals surface area contributed by atoms with Crippen LogP contribution in [0.15, 0.2) is 71.8 Å². The molecule has 0 unspecified atom stereocenters. The molecule has 1 saturated heterocycles. The number of nitrogens with one attached hydrogen (secondary N) is 2. The van der Waals surface area contributed by atoms with E-state index < -0.39 is 15.9 Å². The van der Waals surface area contributed by atoms with Crippen LogP contribution < -0.4 is 14.8 Å². The summed E-state index contributed by atoms with van der Waals surface area (Å²) in [5.74, 6) is -0.234. The van der Waals surface area contributed by atoms with Crippen molar-refractivity contribution < 1.29 is 27.5 Å². The van der Waals surface area contributed by atoms with Gasteiger partial charge in [0, 0.05) is 55.3 Å².